The van der Waals surface area contributed by atoms with Crippen molar-refractivity contribution in [3.63, 3.8) is 0 Å². The van der Waals surface area contributed by atoms with Crippen molar-refractivity contribution < 1.29 is 4.74 Å². The Balaban J connectivity index is 2.44. The number of nitrogens with zero attached hydrogens (tertiary/aromatic N) is 2. The van der Waals surface area contributed by atoms with Crippen LogP contribution < -0.4 is 4.74 Å². The van der Waals surface area contributed by atoms with E-state index in [0.29, 0.717) is 11.0 Å². The zero-order chi connectivity index (χ0) is 14.8. The Morgan fingerprint density at radius 2 is 1.85 bits per heavy atom. The molecule has 0 aliphatic rings. The molecule has 0 aliphatic heterocycles. The van der Waals surface area contributed by atoms with Crippen LogP contribution in [0.15, 0.2) is 30.6 Å². The minimum Gasteiger partial charge on any atom is -0.438 e. The number of benzene rings is 1. The first kappa shape index (κ1) is 14.8. The Bertz CT molecular complexity index is 606. The number of hydrogen-bond acceptors (Lipinski definition) is 3. The fourth-order valence-electron chi connectivity index (χ4n) is 2.04. The van der Waals surface area contributed by atoms with Crippen molar-refractivity contribution in [3.05, 3.63) is 46.9 Å². The van der Waals surface area contributed by atoms with Gasteiger partial charge in [0.1, 0.15) is 17.2 Å². The summed E-state index contributed by atoms with van der Waals surface area (Å²) in [5, 5.41) is 0.450. The van der Waals surface area contributed by atoms with Gasteiger partial charge in [-0.2, -0.15) is 0 Å². The van der Waals surface area contributed by atoms with Crippen molar-refractivity contribution in [2.24, 2.45) is 0 Å². The lowest BCUT2D eigenvalue weighted by molar-refractivity contribution is 0.433. The van der Waals surface area contributed by atoms with Crippen molar-refractivity contribution in [3.8, 4) is 11.6 Å². The van der Waals surface area contributed by atoms with Crippen LogP contribution in [-0.2, 0) is 11.8 Å². The van der Waals surface area contributed by atoms with Crippen LogP contribution in [-0.4, -0.2) is 9.97 Å². The predicted octanol–water partition coefficient (Wildman–Crippen LogP) is 4.78. The highest BCUT2D eigenvalue weighted by Gasteiger charge is 2.20. The highest BCUT2D eigenvalue weighted by molar-refractivity contribution is 6.30. The quantitative estimate of drug-likeness (QED) is 0.763. The van der Waals surface area contributed by atoms with E-state index < -0.39 is 0 Å². The zero-order valence-electron chi connectivity index (χ0n) is 12.3. The molecular weight excluding hydrogens is 272 g/mol. The van der Waals surface area contributed by atoms with E-state index in [0.717, 1.165) is 23.3 Å². The van der Waals surface area contributed by atoms with Crippen LogP contribution in [0.2, 0.25) is 5.15 Å². The van der Waals surface area contributed by atoms with Crippen LogP contribution in [0.1, 0.15) is 38.8 Å². The lowest BCUT2D eigenvalue weighted by Crippen LogP contribution is -2.12. The highest BCUT2D eigenvalue weighted by Crippen LogP contribution is 2.35. The molecule has 0 unspecified atom stereocenters. The molecule has 2 rings (SSSR count). The number of rotatable bonds is 3. The second-order valence-electron chi connectivity index (χ2n) is 5.65. The van der Waals surface area contributed by atoms with E-state index in [9.17, 15) is 0 Å². The third-order valence-corrected chi connectivity index (χ3v) is 3.43. The minimum absolute atomic E-state index is 0.000202. The molecule has 0 spiro atoms. The first-order chi connectivity index (χ1) is 9.43. The molecule has 0 saturated heterocycles. The standard InChI is InChI=1S/C16H19ClN2O/c1-5-11-14(17)18-10-19-15(11)20-13-9-7-6-8-12(13)16(2,3)4/h6-10H,5H2,1-4H3. The maximum Gasteiger partial charge on any atom is 0.227 e. The van der Waals surface area contributed by atoms with Gasteiger partial charge in [0, 0.05) is 5.56 Å². The second kappa shape index (κ2) is 5.80. The monoisotopic (exact) mass is 290 g/mol. The Morgan fingerprint density at radius 1 is 1.15 bits per heavy atom. The summed E-state index contributed by atoms with van der Waals surface area (Å²) in [6.45, 7) is 8.47. The van der Waals surface area contributed by atoms with E-state index in [-0.39, 0.29) is 5.41 Å². The van der Waals surface area contributed by atoms with E-state index in [1.54, 1.807) is 0 Å². The van der Waals surface area contributed by atoms with E-state index in [2.05, 4.69) is 36.8 Å². The summed E-state index contributed by atoms with van der Waals surface area (Å²) in [6.07, 6.45) is 2.16. The normalized spacial score (nSPS) is 11.4. The largest absolute Gasteiger partial charge is 0.438 e. The lowest BCUT2D eigenvalue weighted by Gasteiger charge is -2.22. The van der Waals surface area contributed by atoms with Crippen molar-refractivity contribution >= 4 is 11.6 Å². The Morgan fingerprint density at radius 3 is 2.50 bits per heavy atom. The van der Waals surface area contributed by atoms with Crippen molar-refractivity contribution in [2.45, 2.75) is 39.5 Å². The number of ether oxygens (including phenoxy) is 1. The predicted molar refractivity (Wildman–Crippen MR) is 81.6 cm³/mol. The van der Waals surface area contributed by atoms with Crippen molar-refractivity contribution in [1.29, 1.82) is 0 Å². The van der Waals surface area contributed by atoms with E-state index in [1.165, 1.54) is 6.33 Å². The van der Waals surface area contributed by atoms with Gasteiger partial charge in [0.2, 0.25) is 5.88 Å². The third kappa shape index (κ3) is 3.10. The molecule has 0 fully saturated rings. The molecule has 0 aliphatic carbocycles. The fraction of sp³-hybridized carbons (Fsp3) is 0.375. The van der Waals surface area contributed by atoms with Crippen molar-refractivity contribution in [2.75, 3.05) is 0 Å². The summed E-state index contributed by atoms with van der Waals surface area (Å²) in [4.78, 5) is 8.21. The Hall–Kier alpha value is -1.61. The molecule has 0 bridgehead atoms. The number of halogens is 1. The molecular formula is C16H19ClN2O. The molecule has 0 N–H and O–H groups in total. The number of hydrogen-bond donors (Lipinski definition) is 0. The first-order valence-corrected chi connectivity index (χ1v) is 7.08. The summed E-state index contributed by atoms with van der Waals surface area (Å²) in [7, 11) is 0. The number of para-hydroxylation sites is 1. The van der Waals surface area contributed by atoms with Crippen LogP contribution in [0, 0.1) is 0 Å². The van der Waals surface area contributed by atoms with Gasteiger partial charge in [0.15, 0.2) is 0 Å². The van der Waals surface area contributed by atoms with E-state index in [1.807, 2.05) is 25.1 Å². The molecule has 4 heteroatoms. The molecule has 1 heterocycles. The maximum atomic E-state index is 6.09. The molecule has 1 aromatic heterocycles. The number of aromatic nitrogens is 2. The van der Waals surface area contributed by atoms with Gasteiger partial charge in [-0.25, -0.2) is 9.97 Å². The van der Waals surface area contributed by atoms with Crippen LogP contribution in [0.3, 0.4) is 0 Å². The van der Waals surface area contributed by atoms with Gasteiger partial charge in [-0.15, -0.1) is 0 Å². The summed E-state index contributed by atoms with van der Waals surface area (Å²) in [5.41, 5.74) is 1.97. The summed E-state index contributed by atoms with van der Waals surface area (Å²) in [6, 6.07) is 8.00. The van der Waals surface area contributed by atoms with Gasteiger partial charge in [0.05, 0.1) is 5.56 Å². The maximum absolute atomic E-state index is 6.09. The highest BCUT2D eigenvalue weighted by atomic mass is 35.5. The second-order valence-corrected chi connectivity index (χ2v) is 6.01. The Kier molecular flexibility index (Phi) is 4.29. The smallest absolute Gasteiger partial charge is 0.227 e. The molecule has 106 valence electrons. The molecule has 1 aromatic carbocycles. The average Bonchev–Trinajstić information content (AvgIpc) is 2.38. The van der Waals surface area contributed by atoms with Gasteiger partial charge in [-0.05, 0) is 17.9 Å². The van der Waals surface area contributed by atoms with Gasteiger partial charge in [-0.3, -0.25) is 0 Å². The van der Waals surface area contributed by atoms with Gasteiger partial charge >= 0.3 is 0 Å². The minimum atomic E-state index is -0.000202. The zero-order valence-corrected chi connectivity index (χ0v) is 13.0. The summed E-state index contributed by atoms with van der Waals surface area (Å²) in [5.74, 6) is 1.34. The van der Waals surface area contributed by atoms with Crippen LogP contribution in [0.4, 0.5) is 0 Å². The lowest BCUT2D eigenvalue weighted by atomic mass is 9.86. The molecule has 0 atom stereocenters. The summed E-state index contributed by atoms with van der Waals surface area (Å²) < 4.78 is 6.00. The molecule has 2 aromatic rings. The first-order valence-electron chi connectivity index (χ1n) is 6.70. The molecule has 3 nitrogen and oxygen atoms in total. The van der Waals surface area contributed by atoms with E-state index >= 15 is 0 Å². The SMILES string of the molecule is CCc1c(Cl)ncnc1Oc1ccccc1C(C)(C)C. The van der Waals surface area contributed by atoms with Gasteiger partial charge in [-0.1, -0.05) is 57.5 Å². The third-order valence-electron chi connectivity index (χ3n) is 3.11. The average molecular weight is 291 g/mol. The molecule has 0 radical (unpaired) electrons. The van der Waals surface area contributed by atoms with E-state index in [4.69, 9.17) is 16.3 Å². The van der Waals surface area contributed by atoms with Crippen molar-refractivity contribution in [1.82, 2.24) is 9.97 Å². The van der Waals surface area contributed by atoms with Gasteiger partial charge < -0.3 is 4.74 Å². The fourth-order valence-corrected chi connectivity index (χ4v) is 2.30. The molecule has 0 amide bonds. The molecule has 0 saturated carbocycles. The van der Waals surface area contributed by atoms with Crippen LogP contribution >= 0.6 is 11.6 Å². The van der Waals surface area contributed by atoms with Crippen LogP contribution in [0.25, 0.3) is 0 Å². The topological polar surface area (TPSA) is 35.0 Å². The molecule has 20 heavy (non-hydrogen) atoms. The van der Waals surface area contributed by atoms with Gasteiger partial charge in [0.25, 0.3) is 0 Å². The Labute approximate surface area is 125 Å². The van der Waals surface area contributed by atoms with Crippen LogP contribution in [0.5, 0.6) is 11.6 Å². The summed E-state index contributed by atoms with van der Waals surface area (Å²) >= 11 is 6.09.